The lowest BCUT2D eigenvalue weighted by atomic mass is 9.66. The first-order valence-corrected chi connectivity index (χ1v) is 11.8. The van der Waals surface area contributed by atoms with Crippen molar-refractivity contribution in [3.8, 4) is 0 Å². The molecule has 1 atom stereocenters. The Labute approximate surface area is 198 Å². The predicted molar refractivity (Wildman–Crippen MR) is 130 cm³/mol. The number of carbonyl (C=O) groups is 3. The van der Waals surface area contributed by atoms with E-state index in [-0.39, 0.29) is 30.0 Å². The summed E-state index contributed by atoms with van der Waals surface area (Å²) in [5.74, 6) is 5.67. The molecule has 2 heterocycles. The van der Waals surface area contributed by atoms with Gasteiger partial charge in [0, 0.05) is 31.3 Å². The van der Waals surface area contributed by atoms with Crippen LogP contribution in [0.25, 0.3) is 11.0 Å². The van der Waals surface area contributed by atoms with Crippen LogP contribution in [-0.2, 0) is 14.4 Å². The van der Waals surface area contributed by atoms with Crippen molar-refractivity contribution in [3.05, 3.63) is 46.6 Å². The molecule has 11 heteroatoms. The molecule has 1 aliphatic heterocycles. The number of carbonyl (C=O) groups excluding carboxylic acids is 3. The molecular formula is C23H31BN6O4. The van der Waals surface area contributed by atoms with Crippen LogP contribution < -0.4 is 22.2 Å². The van der Waals surface area contributed by atoms with Crippen molar-refractivity contribution < 1.29 is 14.4 Å². The Morgan fingerprint density at radius 3 is 2.44 bits per heavy atom. The van der Waals surface area contributed by atoms with E-state index in [1.165, 1.54) is 6.92 Å². The van der Waals surface area contributed by atoms with Crippen molar-refractivity contribution in [2.75, 3.05) is 0 Å². The number of aromatic nitrogens is 2. The summed E-state index contributed by atoms with van der Waals surface area (Å²) < 4.78 is 3.31. The molecule has 1 saturated heterocycles. The number of imidazole rings is 1. The van der Waals surface area contributed by atoms with Crippen LogP contribution >= 0.6 is 0 Å². The maximum Gasteiger partial charge on any atom is 0.317 e. The third-order valence-electron chi connectivity index (χ3n) is 6.79. The van der Waals surface area contributed by atoms with Crippen LogP contribution in [0.2, 0.25) is 5.82 Å². The molecule has 4 rings (SSSR count). The third-order valence-corrected chi connectivity index (χ3v) is 6.79. The molecule has 34 heavy (non-hydrogen) atoms. The number of nitrogens with two attached hydrogens (primary N) is 1. The summed E-state index contributed by atoms with van der Waals surface area (Å²) in [7, 11) is 0.567. The summed E-state index contributed by atoms with van der Waals surface area (Å²) in [6.07, 6.45) is 5.88. The zero-order chi connectivity index (χ0) is 24.4. The van der Waals surface area contributed by atoms with Crippen LogP contribution in [0.15, 0.2) is 41.0 Å². The summed E-state index contributed by atoms with van der Waals surface area (Å²) in [5.41, 5.74) is 1.99. The van der Waals surface area contributed by atoms with Crippen LogP contribution in [0.5, 0.6) is 0 Å². The maximum atomic E-state index is 13.5. The van der Waals surface area contributed by atoms with Crippen LogP contribution in [0.3, 0.4) is 0 Å². The Morgan fingerprint density at radius 1 is 1.12 bits per heavy atom. The molecule has 0 radical (unpaired) electrons. The van der Waals surface area contributed by atoms with Crippen molar-refractivity contribution >= 4 is 36.2 Å². The van der Waals surface area contributed by atoms with E-state index < -0.39 is 11.9 Å². The van der Waals surface area contributed by atoms with Gasteiger partial charge >= 0.3 is 5.69 Å². The van der Waals surface area contributed by atoms with Crippen molar-refractivity contribution in [2.45, 2.75) is 70.3 Å². The Morgan fingerprint density at radius 2 is 1.79 bits per heavy atom. The molecule has 1 aliphatic carbocycles. The number of piperidine rings is 1. The molecule has 1 aromatic carbocycles. The largest absolute Gasteiger partial charge is 0.341 e. The molecule has 10 nitrogen and oxygen atoms in total. The summed E-state index contributed by atoms with van der Waals surface area (Å²) in [6, 6.07) is 6.98. The normalized spacial score (nSPS) is 23.5. The van der Waals surface area contributed by atoms with Crippen LogP contribution in [-0.4, -0.2) is 45.2 Å². The van der Waals surface area contributed by atoms with Gasteiger partial charge in [-0.15, -0.1) is 0 Å². The predicted octanol–water partition coefficient (Wildman–Crippen LogP) is 0.885. The monoisotopic (exact) mass is 466 g/mol. The lowest BCUT2D eigenvalue weighted by molar-refractivity contribution is -0.135. The molecule has 2 aromatic rings. The highest BCUT2D eigenvalue weighted by Crippen LogP contribution is 2.31. The molecule has 4 N–H and O–H groups in total. The van der Waals surface area contributed by atoms with Crippen LogP contribution in [0, 0.1) is 0 Å². The van der Waals surface area contributed by atoms with E-state index in [2.05, 4.69) is 10.6 Å². The zero-order valence-corrected chi connectivity index (χ0v) is 19.6. The number of imide groups is 1. The van der Waals surface area contributed by atoms with Gasteiger partial charge in [0.05, 0.1) is 11.0 Å². The van der Waals surface area contributed by atoms with E-state index in [1.54, 1.807) is 27.2 Å². The quantitative estimate of drug-likeness (QED) is 0.251. The van der Waals surface area contributed by atoms with Crippen molar-refractivity contribution in [1.29, 1.82) is 0 Å². The first-order chi connectivity index (χ1) is 16.2. The van der Waals surface area contributed by atoms with Crippen LogP contribution in [0.1, 0.15) is 58.4 Å². The molecule has 180 valence electrons. The van der Waals surface area contributed by atoms with E-state index >= 15 is 0 Å². The van der Waals surface area contributed by atoms with Gasteiger partial charge in [0.1, 0.15) is 6.04 Å². The van der Waals surface area contributed by atoms with E-state index in [9.17, 15) is 19.2 Å². The van der Waals surface area contributed by atoms with Gasteiger partial charge in [0.2, 0.25) is 17.7 Å². The Bertz CT molecular complexity index is 1190. The lowest BCUT2D eigenvalue weighted by Crippen LogP contribution is -2.45. The van der Waals surface area contributed by atoms with Gasteiger partial charge in [-0.3, -0.25) is 24.3 Å². The van der Waals surface area contributed by atoms with Gasteiger partial charge < -0.3 is 14.8 Å². The standard InChI is InChI=1S/C23H31BN6O4/c1-14(26-15(2)31)13-28(25)17-9-7-16(8-10-17)24-30-19-6-4-3-5-18(19)29(23(30)34)20-11-12-21(32)27-22(20)33/h3-6,13,16-17,20,24H,7-12,25H2,1-2H3,(H,26,31)(H,27,32,33)/b14-13+. The highest BCUT2D eigenvalue weighted by molar-refractivity contribution is 6.37. The van der Waals surface area contributed by atoms with Gasteiger partial charge in [-0.25, -0.2) is 10.6 Å². The minimum absolute atomic E-state index is 0.132. The lowest BCUT2D eigenvalue weighted by Gasteiger charge is -2.33. The molecule has 1 aromatic heterocycles. The first kappa shape index (κ1) is 23.8. The fourth-order valence-corrected chi connectivity index (χ4v) is 5.16. The molecule has 3 amide bonds. The topological polar surface area (TPSA) is 131 Å². The molecule has 1 saturated carbocycles. The number of hydrazine groups is 1. The fourth-order valence-electron chi connectivity index (χ4n) is 5.16. The number of nitrogens with one attached hydrogen (secondary N) is 2. The highest BCUT2D eigenvalue weighted by Gasteiger charge is 2.32. The number of rotatable bonds is 6. The Kier molecular flexibility index (Phi) is 6.92. The molecule has 2 fully saturated rings. The molecule has 2 aliphatic rings. The van der Waals surface area contributed by atoms with Gasteiger partial charge in [0.15, 0.2) is 0 Å². The Balaban J connectivity index is 1.49. The number of hydrogen-bond donors (Lipinski definition) is 3. The number of amides is 3. The van der Waals surface area contributed by atoms with Gasteiger partial charge in [0.25, 0.3) is 7.41 Å². The maximum absolute atomic E-state index is 13.5. The van der Waals surface area contributed by atoms with E-state index in [1.807, 2.05) is 24.3 Å². The number of para-hydroxylation sites is 2. The second-order valence-electron chi connectivity index (χ2n) is 9.33. The van der Waals surface area contributed by atoms with Gasteiger partial charge in [-0.1, -0.05) is 25.0 Å². The summed E-state index contributed by atoms with van der Waals surface area (Å²) in [4.78, 5) is 48.7. The van der Waals surface area contributed by atoms with Crippen molar-refractivity contribution in [2.24, 2.45) is 5.84 Å². The molecule has 0 bridgehead atoms. The summed E-state index contributed by atoms with van der Waals surface area (Å²) >= 11 is 0. The number of allylic oxidation sites excluding steroid dienone is 1. The molecular weight excluding hydrogens is 435 g/mol. The first-order valence-electron chi connectivity index (χ1n) is 11.8. The third kappa shape index (κ3) is 4.94. The minimum Gasteiger partial charge on any atom is -0.341 e. The van der Waals surface area contributed by atoms with Crippen LogP contribution in [0.4, 0.5) is 0 Å². The minimum atomic E-state index is -0.684. The smallest absolute Gasteiger partial charge is 0.317 e. The number of hydrogen-bond acceptors (Lipinski definition) is 6. The SMILES string of the molecule is CC(=O)N/C(C)=C/N(N)C1CCC(Bn2c(=O)n(C3CCC(=O)NC3=O)c3ccccc32)CC1. The second kappa shape index (κ2) is 9.88. The Hall–Kier alpha value is -3.34. The van der Waals surface area contributed by atoms with E-state index in [0.29, 0.717) is 30.9 Å². The summed E-state index contributed by atoms with van der Waals surface area (Å²) in [6.45, 7) is 3.26. The van der Waals surface area contributed by atoms with Gasteiger partial charge in [-0.2, -0.15) is 0 Å². The molecule has 0 spiro atoms. The van der Waals surface area contributed by atoms with Gasteiger partial charge in [-0.05, 0) is 44.1 Å². The van der Waals surface area contributed by atoms with E-state index in [0.717, 1.165) is 31.2 Å². The molecule has 1 unspecified atom stereocenters. The number of nitrogens with zero attached hydrogens (tertiary/aromatic N) is 3. The van der Waals surface area contributed by atoms with Crippen molar-refractivity contribution in [3.63, 3.8) is 0 Å². The fraction of sp³-hybridized carbons (Fsp3) is 0.478. The average molecular weight is 466 g/mol. The number of benzene rings is 1. The van der Waals surface area contributed by atoms with Crippen molar-refractivity contribution in [1.82, 2.24) is 24.7 Å². The summed E-state index contributed by atoms with van der Waals surface area (Å²) in [5, 5.41) is 6.75. The number of fused-ring (bicyclic) bond motifs is 1. The van der Waals surface area contributed by atoms with E-state index in [4.69, 9.17) is 5.84 Å². The second-order valence-corrected chi connectivity index (χ2v) is 9.33. The average Bonchev–Trinajstić information content (AvgIpc) is 3.05. The highest BCUT2D eigenvalue weighted by atomic mass is 16.2. The zero-order valence-electron chi connectivity index (χ0n) is 19.6.